The van der Waals surface area contributed by atoms with Gasteiger partial charge in [-0.05, 0) is 55.2 Å². The van der Waals surface area contributed by atoms with Gasteiger partial charge in [-0.2, -0.15) is 0 Å². The Morgan fingerprint density at radius 1 is 1.17 bits per heavy atom. The zero-order valence-electron chi connectivity index (χ0n) is 10.6. The molecule has 0 spiro atoms. The first-order valence-electron chi connectivity index (χ1n) is 6.84. The van der Waals surface area contributed by atoms with Crippen molar-refractivity contribution in [2.24, 2.45) is 17.8 Å². The number of anilines is 1. The Kier molecular flexibility index (Phi) is 2.98. The Labute approximate surface area is 108 Å². The normalized spacial score (nSPS) is 28.8. The van der Waals surface area contributed by atoms with Gasteiger partial charge in [-0.3, -0.25) is 4.79 Å². The molecule has 1 aromatic carbocycles. The van der Waals surface area contributed by atoms with E-state index in [0.717, 1.165) is 43.3 Å². The Morgan fingerprint density at radius 2 is 1.83 bits per heavy atom. The number of nitrogens with two attached hydrogens (primary N) is 1. The number of carbonyl (C=O) groups is 1. The molecule has 96 valence electrons. The van der Waals surface area contributed by atoms with Gasteiger partial charge >= 0.3 is 0 Å². The highest BCUT2D eigenvalue weighted by atomic mass is 16.1. The minimum Gasteiger partial charge on any atom is -0.399 e. The van der Waals surface area contributed by atoms with E-state index in [2.05, 4.69) is 5.32 Å². The summed E-state index contributed by atoms with van der Waals surface area (Å²) in [6.07, 6.45) is 4.50. The SMILES string of the molecule is Nc1ccc(CCNC(=O)C2CC3CC3C2)cc1. The van der Waals surface area contributed by atoms with Crippen LogP contribution in [-0.4, -0.2) is 12.5 Å². The highest BCUT2D eigenvalue weighted by Crippen LogP contribution is 2.54. The topological polar surface area (TPSA) is 55.1 Å². The Hall–Kier alpha value is -1.51. The van der Waals surface area contributed by atoms with E-state index in [1.807, 2.05) is 24.3 Å². The standard InChI is InChI=1S/C15H20N2O/c16-14-3-1-10(2-4-14)5-6-17-15(18)13-8-11-7-12(11)9-13/h1-4,11-13H,5-9,16H2,(H,17,18). The summed E-state index contributed by atoms with van der Waals surface area (Å²) in [7, 11) is 0. The number of fused-ring (bicyclic) bond motifs is 1. The maximum absolute atomic E-state index is 11.9. The third kappa shape index (κ3) is 2.50. The molecular formula is C15H20N2O. The lowest BCUT2D eigenvalue weighted by Gasteiger charge is -2.12. The molecule has 3 rings (SSSR count). The fourth-order valence-electron chi connectivity index (χ4n) is 3.09. The molecule has 2 aliphatic rings. The second-order valence-corrected chi connectivity index (χ2v) is 5.71. The number of nitrogens with one attached hydrogen (secondary N) is 1. The highest BCUT2D eigenvalue weighted by molar-refractivity contribution is 5.79. The average molecular weight is 244 g/mol. The van der Waals surface area contributed by atoms with Crippen molar-refractivity contribution in [1.29, 1.82) is 0 Å². The first kappa shape index (κ1) is 11.6. The third-order valence-corrected chi connectivity index (χ3v) is 4.31. The molecule has 1 amide bonds. The summed E-state index contributed by atoms with van der Waals surface area (Å²) in [4.78, 5) is 11.9. The van der Waals surface area contributed by atoms with Gasteiger partial charge in [0, 0.05) is 18.2 Å². The molecule has 0 aromatic heterocycles. The summed E-state index contributed by atoms with van der Waals surface area (Å²) in [6.45, 7) is 0.731. The lowest BCUT2D eigenvalue weighted by molar-refractivity contribution is -0.125. The number of carbonyl (C=O) groups excluding carboxylic acids is 1. The predicted octanol–water partition coefficient (Wildman–Crippen LogP) is 1.97. The lowest BCUT2D eigenvalue weighted by atomic mass is 10.0. The predicted molar refractivity (Wildman–Crippen MR) is 71.9 cm³/mol. The molecule has 2 atom stereocenters. The van der Waals surface area contributed by atoms with Gasteiger partial charge in [-0.15, -0.1) is 0 Å². The number of benzene rings is 1. The van der Waals surface area contributed by atoms with Crippen molar-refractivity contribution in [3.8, 4) is 0 Å². The molecule has 0 radical (unpaired) electrons. The molecule has 3 heteroatoms. The van der Waals surface area contributed by atoms with E-state index >= 15 is 0 Å². The van der Waals surface area contributed by atoms with Gasteiger partial charge in [0.2, 0.25) is 5.91 Å². The van der Waals surface area contributed by atoms with E-state index in [-0.39, 0.29) is 5.91 Å². The highest BCUT2D eigenvalue weighted by Gasteiger charge is 2.47. The lowest BCUT2D eigenvalue weighted by Crippen LogP contribution is -2.31. The van der Waals surface area contributed by atoms with E-state index in [0.29, 0.717) is 5.92 Å². The summed E-state index contributed by atoms with van der Waals surface area (Å²) in [6, 6.07) is 7.85. The molecule has 0 heterocycles. The van der Waals surface area contributed by atoms with Crippen LogP contribution in [-0.2, 0) is 11.2 Å². The smallest absolute Gasteiger partial charge is 0.223 e. The van der Waals surface area contributed by atoms with Gasteiger partial charge in [0.05, 0.1) is 0 Å². The zero-order chi connectivity index (χ0) is 12.5. The van der Waals surface area contributed by atoms with Crippen LogP contribution in [0.2, 0.25) is 0 Å². The van der Waals surface area contributed by atoms with Crippen LogP contribution in [0, 0.1) is 17.8 Å². The molecule has 18 heavy (non-hydrogen) atoms. The quantitative estimate of drug-likeness (QED) is 0.796. The van der Waals surface area contributed by atoms with E-state index in [4.69, 9.17) is 5.73 Å². The zero-order valence-corrected chi connectivity index (χ0v) is 10.6. The van der Waals surface area contributed by atoms with Crippen LogP contribution < -0.4 is 11.1 Å². The fraction of sp³-hybridized carbons (Fsp3) is 0.533. The molecule has 2 unspecified atom stereocenters. The molecule has 0 bridgehead atoms. The van der Waals surface area contributed by atoms with Crippen molar-refractivity contribution < 1.29 is 4.79 Å². The minimum atomic E-state index is 0.262. The van der Waals surface area contributed by atoms with Crippen molar-refractivity contribution in [2.45, 2.75) is 25.7 Å². The Bertz CT molecular complexity index is 430. The number of nitrogen functional groups attached to an aromatic ring is 1. The van der Waals surface area contributed by atoms with Crippen molar-refractivity contribution in [2.75, 3.05) is 12.3 Å². The largest absolute Gasteiger partial charge is 0.399 e. The van der Waals surface area contributed by atoms with E-state index < -0.39 is 0 Å². The fourth-order valence-corrected chi connectivity index (χ4v) is 3.09. The van der Waals surface area contributed by atoms with E-state index in [1.54, 1.807) is 0 Å². The summed E-state index contributed by atoms with van der Waals surface area (Å²) >= 11 is 0. The van der Waals surface area contributed by atoms with Crippen LogP contribution >= 0.6 is 0 Å². The van der Waals surface area contributed by atoms with Crippen LogP contribution in [0.25, 0.3) is 0 Å². The van der Waals surface area contributed by atoms with Gasteiger partial charge in [-0.25, -0.2) is 0 Å². The average Bonchev–Trinajstić information content (AvgIpc) is 2.98. The van der Waals surface area contributed by atoms with Gasteiger partial charge in [0.25, 0.3) is 0 Å². The van der Waals surface area contributed by atoms with Crippen molar-refractivity contribution >= 4 is 11.6 Å². The maximum atomic E-state index is 11.9. The number of amides is 1. The molecule has 1 aromatic rings. The van der Waals surface area contributed by atoms with E-state index in [9.17, 15) is 4.79 Å². The molecule has 3 N–H and O–H groups in total. The van der Waals surface area contributed by atoms with Crippen LogP contribution in [0.4, 0.5) is 5.69 Å². The summed E-state index contributed by atoms with van der Waals surface area (Å²) in [5, 5.41) is 3.06. The summed E-state index contributed by atoms with van der Waals surface area (Å²) in [5.41, 5.74) is 7.64. The van der Waals surface area contributed by atoms with Gasteiger partial charge in [0.15, 0.2) is 0 Å². The summed E-state index contributed by atoms with van der Waals surface area (Å²) in [5.74, 6) is 2.30. The first-order valence-corrected chi connectivity index (χ1v) is 6.84. The van der Waals surface area contributed by atoms with Crippen molar-refractivity contribution in [3.05, 3.63) is 29.8 Å². The first-order chi connectivity index (χ1) is 8.72. The second-order valence-electron chi connectivity index (χ2n) is 5.71. The number of hydrogen-bond donors (Lipinski definition) is 2. The molecule has 0 aliphatic heterocycles. The van der Waals surface area contributed by atoms with Crippen LogP contribution in [0.1, 0.15) is 24.8 Å². The van der Waals surface area contributed by atoms with Crippen molar-refractivity contribution in [1.82, 2.24) is 5.32 Å². The number of rotatable bonds is 4. The third-order valence-electron chi connectivity index (χ3n) is 4.31. The van der Waals surface area contributed by atoms with Gasteiger partial charge in [0.1, 0.15) is 0 Å². The van der Waals surface area contributed by atoms with Crippen LogP contribution in [0.3, 0.4) is 0 Å². The Balaban J connectivity index is 1.41. The Morgan fingerprint density at radius 3 is 2.50 bits per heavy atom. The second kappa shape index (κ2) is 4.63. The van der Waals surface area contributed by atoms with Crippen molar-refractivity contribution in [3.63, 3.8) is 0 Å². The number of hydrogen-bond acceptors (Lipinski definition) is 2. The van der Waals surface area contributed by atoms with Gasteiger partial charge < -0.3 is 11.1 Å². The van der Waals surface area contributed by atoms with Gasteiger partial charge in [-0.1, -0.05) is 12.1 Å². The molecule has 2 fully saturated rings. The molecule has 2 aliphatic carbocycles. The van der Waals surface area contributed by atoms with Crippen LogP contribution in [0.15, 0.2) is 24.3 Å². The van der Waals surface area contributed by atoms with E-state index in [1.165, 1.54) is 12.0 Å². The van der Waals surface area contributed by atoms with Crippen LogP contribution in [0.5, 0.6) is 0 Å². The molecule has 2 saturated carbocycles. The molecule has 0 saturated heterocycles. The monoisotopic (exact) mass is 244 g/mol. The summed E-state index contributed by atoms with van der Waals surface area (Å²) < 4.78 is 0. The molecule has 3 nitrogen and oxygen atoms in total. The molecular weight excluding hydrogens is 224 g/mol. The maximum Gasteiger partial charge on any atom is 0.223 e. The minimum absolute atomic E-state index is 0.262.